The van der Waals surface area contributed by atoms with Crippen molar-refractivity contribution in [2.45, 2.75) is 10.9 Å². The van der Waals surface area contributed by atoms with Crippen molar-refractivity contribution in [2.75, 3.05) is 6.61 Å². The van der Waals surface area contributed by atoms with E-state index in [-0.39, 0.29) is 10.9 Å². The zero-order chi connectivity index (χ0) is 9.97. The number of halogens is 1. The predicted molar refractivity (Wildman–Crippen MR) is 59.3 cm³/mol. The van der Waals surface area contributed by atoms with Crippen LogP contribution in [0.15, 0.2) is 36.9 Å². The van der Waals surface area contributed by atoms with Crippen molar-refractivity contribution >= 4 is 15.9 Å². The molecule has 1 aliphatic heterocycles. The first-order valence-corrected chi connectivity index (χ1v) is 5.38. The van der Waals surface area contributed by atoms with Crippen LogP contribution in [0.3, 0.4) is 0 Å². The summed E-state index contributed by atoms with van der Waals surface area (Å²) in [6.45, 7) is 4.26. The minimum atomic E-state index is 0.00222. The summed E-state index contributed by atoms with van der Waals surface area (Å²) in [6, 6.07) is 7.68. The maximum atomic E-state index is 5.74. The first-order valence-electron chi connectivity index (χ1n) is 4.46. The lowest BCUT2D eigenvalue weighted by atomic mass is 10.2. The minimum Gasteiger partial charge on any atom is -0.486 e. The molecule has 1 aliphatic rings. The lowest BCUT2D eigenvalue weighted by molar-refractivity contribution is 0.0976. The van der Waals surface area contributed by atoms with E-state index in [0.717, 1.165) is 11.5 Å². The second-order valence-electron chi connectivity index (χ2n) is 3.09. The van der Waals surface area contributed by atoms with Crippen LogP contribution < -0.4 is 9.47 Å². The van der Waals surface area contributed by atoms with Gasteiger partial charge >= 0.3 is 0 Å². The first-order chi connectivity index (χ1) is 6.81. The molecule has 2 unspecified atom stereocenters. The van der Waals surface area contributed by atoms with Gasteiger partial charge in [-0.05, 0) is 12.1 Å². The molecule has 0 aromatic heterocycles. The van der Waals surface area contributed by atoms with E-state index in [0.29, 0.717) is 6.61 Å². The van der Waals surface area contributed by atoms with Crippen molar-refractivity contribution in [3.8, 4) is 11.5 Å². The topological polar surface area (TPSA) is 18.5 Å². The fourth-order valence-electron chi connectivity index (χ4n) is 1.34. The summed E-state index contributed by atoms with van der Waals surface area (Å²) in [6.07, 6.45) is 1.81. The summed E-state index contributed by atoms with van der Waals surface area (Å²) in [5, 5.41) is 0. The zero-order valence-corrected chi connectivity index (χ0v) is 9.24. The van der Waals surface area contributed by atoms with Gasteiger partial charge in [0, 0.05) is 0 Å². The Kier molecular flexibility index (Phi) is 2.77. The summed E-state index contributed by atoms with van der Waals surface area (Å²) in [4.78, 5) is 0.121. The number of hydrogen-bond donors (Lipinski definition) is 0. The number of benzene rings is 1. The highest BCUT2D eigenvalue weighted by molar-refractivity contribution is 9.09. The third-order valence-electron chi connectivity index (χ3n) is 2.11. The average molecular weight is 255 g/mol. The molecule has 2 atom stereocenters. The lowest BCUT2D eigenvalue weighted by Gasteiger charge is -2.28. The van der Waals surface area contributed by atoms with Crippen LogP contribution in [0.5, 0.6) is 11.5 Å². The van der Waals surface area contributed by atoms with Crippen LogP contribution in [0.2, 0.25) is 0 Å². The Morgan fingerprint density at radius 2 is 2.14 bits per heavy atom. The van der Waals surface area contributed by atoms with Gasteiger partial charge in [-0.15, -0.1) is 6.58 Å². The second-order valence-corrected chi connectivity index (χ2v) is 4.15. The molecule has 1 heterocycles. The van der Waals surface area contributed by atoms with Crippen LogP contribution in [0.1, 0.15) is 0 Å². The molecular weight excluding hydrogens is 244 g/mol. The predicted octanol–water partition coefficient (Wildman–Crippen LogP) is 2.78. The highest BCUT2D eigenvalue weighted by atomic mass is 79.9. The molecule has 2 nitrogen and oxygen atoms in total. The van der Waals surface area contributed by atoms with Gasteiger partial charge in [0.25, 0.3) is 0 Å². The molecule has 0 saturated carbocycles. The number of alkyl halides is 1. The second kappa shape index (κ2) is 4.05. The molecule has 74 valence electrons. The SMILES string of the molecule is C=CC(Br)C1COc2ccccc2O1. The largest absolute Gasteiger partial charge is 0.486 e. The van der Waals surface area contributed by atoms with E-state index in [1.807, 2.05) is 30.3 Å². The van der Waals surface area contributed by atoms with Crippen LogP contribution in [0.25, 0.3) is 0 Å². The summed E-state index contributed by atoms with van der Waals surface area (Å²) < 4.78 is 11.3. The monoisotopic (exact) mass is 254 g/mol. The number of hydrogen-bond acceptors (Lipinski definition) is 2. The Morgan fingerprint density at radius 3 is 2.86 bits per heavy atom. The van der Waals surface area contributed by atoms with Gasteiger partial charge in [-0.3, -0.25) is 0 Å². The van der Waals surface area contributed by atoms with Gasteiger partial charge in [-0.2, -0.15) is 0 Å². The third-order valence-corrected chi connectivity index (χ3v) is 3.07. The van der Waals surface area contributed by atoms with Crippen molar-refractivity contribution in [3.05, 3.63) is 36.9 Å². The smallest absolute Gasteiger partial charge is 0.161 e. The third kappa shape index (κ3) is 1.77. The van der Waals surface area contributed by atoms with Crippen molar-refractivity contribution in [1.82, 2.24) is 0 Å². The number of ether oxygens (including phenoxy) is 2. The van der Waals surface area contributed by atoms with Gasteiger partial charge in [0.2, 0.25) is 0 Å². The molecule has 0 bridgehead atoms. The molecule has 0 radical (unpaired) electrons. The van der Waals surface area contributed by atoms with E-state index in [2.05, 4.69) is 22.5 Å². The van der Waals surface area contributed by atoms with Crippen molar-refractivity contribution < 1.29 is 9.47 Å². The summed E-state index contributed by atoms with van der Waals surface area (Å²) >= 11 is 3.47. The van der Waals surface area contributed by atoms with E-state index in [9.17, 15) is 0 Å². The Hall–Kier alpha value is -0.960. The molecule has 3 heteroatoms. The van der Waals surface area contributed by atoms with Crippen LogP contribution >= 0.6 is 15.9 Å². The van der Waals surface area contributed by atoms with Gasteiger partial charge in [-0.25, -0.2) is 0 Å². The fourth-order valence-corrected chi connectivity index (χ4v) is 1.61. The zero-order valence-electron chi connectivity index (χ0n) is 7.65. The van der Waals surface area contributed by atoms with Gasteiger partial charge in [-0.1, -0.05) is 34.1 Å². The highest BCUT2D eigenvalue weighted by Gasteiger charge is 2.24. The Labute approximate surface area is 91.7 Å². The molecule has 14 heavy (non-hydrogen) atoms. The molecule has 0 spiro atoms. The number of rotatable bonds is 2. The molecule has 0 saturated heterocycles. The van der Waals surface area contributed by atoms with Crippen molar-refractivity contribution in [3.63, 3.8) is 0 Å². The van der Waals surface area contributed by atoms with Crippen molar-refractivity contribution in [1.29, 1.82) is 0 Å². The summed E-state index contributed by atoms with van der Waals surface area (Å²) in [5.74, 6) is 1.61. The van der Waals surface area contributed by atoms with E-state index in [1.165, 1.54) is 0 Å². The van der Waals surface area contributed by atoms with Gasteiger partial charge < -0.3 is 9.47 Å². The maximum Gasteiger partial charge on any atom is 0.161 e. The molecule has 0 N–H and O–H groups in total. The Morgan fingerprint density at radius 1 is 1.43 bits per heavy atom. The molecule has 1 aromatic carbocycles. The molecule has 1 aromatic rings. The maximum absolute atomic E-state index is 5.74. The minimum absolute atomic E-state index is 0.00222. The van der Waals surface area contributed by atoms with E-state index >= 15 is 0 Å². The van der Waals surface area contributed by atoms with Gasteiger partial charge in [0.05, 0.1) is 4.83 Å². The van der Waals surface area contributed by atoms with Crippen LogP contribution in [0, 0.1) is 0 Å². The van der Waals surface area contributed by atoms with E-state index in [4.69, 9.17) is 9.47 Å². The van der Waals surface area contributed by atoms with Gasteiger partial charge in [0.1, 0.15) is 12.7 Å². The van der Waals surface area contributed by atoms with Crippen LogP contribution in [-0.2, 0) is 0 Å². The van der Waals surface area contributed by atoms with Crippen molar-refractivity contribution in [2.24, 2.45) is 0 Å². The first kappa shape index (κ1) is 9.59. The summed E-state index contributed by atoms with van der Waals surface area (Å²) in [5.41, 5.74) is 0. The molecule has 2 rings (SSSR count). The Bertz CT molecular complexity index is 338. The lowest BCUT2D eigenvalue weighted by Crippen LogP contribution is -2.35. The number of fused-ring (bicyclic) bond motifs is 1. The fraction of sp³-hybridized carbons (Fsp3) is 0.273. The van der Waals surface area contributed by atoms with E-state index < -0.39 is 0 Å². The van der Waals surface area contributed by atoms with Crippen LogP contribution in [0.4, 0.5) is 0 Å². The molecular formula is C11H11BrO2. The normalized spacial score (nSPS) is 21.4. The number of para-hydroxylation sites is 2. The van der Waals surface area contributed by atoms with E-state index in [1.54, 1.807) is 0 Å². The quantitative estimate of drug-likeness (QED) is 0.597. The van der Waals surface area contributed by atoms with Gasteiger partial charge in [0.15, 0.2) is 11.5 Å². The molecule has 0 fully saturated rings. The standard InChI is InChI=1S/C11H11BrO2/c1-2-8(12)11-7-13-9-5-3-4-6-10(9)14-11/h2-6,8,11H,1,7H2. The summed E-state index contributed by atoms with van der Waals surface area (Å²) in [7, 11) is 0. The Balaban J connectivity index is 2.17. The molecule has 0 amide bonds. The highest BCUT2D eigenvalue weighted by Crippen LogP contribution is 2.32. The molecule has 0 aliphatic carbocycles. The average Bonchev–Trinajstić information content (AvgIpc) is 2.27. The van der Waals surface area contributed by atoms with Crippen LogP contribution in [-0.4, -0.2) is 17.5 Å².